The van der Waals surface area contributed by atoms with E-state index in [0.717, 1.165) is 34.1 Å². The number of hydrogen-bond acceptors (Lipinski definition) is 2. The Hall–Kier alpha value is -7.69. The van der Waals surface area contributed by atoms with Crippen LogP contribution in [0.25, 0.3) is 77.2 Å². The Morgan fingerprint density at radius 3 is 1.06 bits per heavy atom. The molecule has 2 aromatic heterocycles. The van der Waals surface area contributed by atoms with Gasteiger partial charge in [-0.25, -0.2) is 0 Å². The number of nitrogens with zero attached hydrogens (tertiary/aromatic N) is 2. The molecule has 0 saturated carbocycles. The molecule has 6 heteroatoms. The van der Waals surface area contributed by atoms with Crippen LogP contribution in [0.4, 0.5) is 0 Å². The van der Waals surface area contributed by atoms with Crippen molar-refractivity contribution in [2.75, 3.05) is 0 Å². The van der Waals surface area contributed by atoms with Gasteiger partial charge in [0, 0.05) is 50.0 Å². The molecular weight excluding hydrogens is 946 g/mol. The Bertz CT molecular complexity index is 4200. The predicted molar refractivity (Wildman–Crippen MR) is 333 cm³/mol. The summed E-state index contributed by atoms with van der Waals surface area (Å²) in [6.07, 6.45) is 0. The maximum atomic E-state index is 7.49. The number of fused-ring (bicyclic) bond motifs is 14. The highest BCUT2D eigenvalue weighted by atomic mass is 16.5. The lowest BCUT2D eigenvalue weighted by molar-refractivity contribution is 0.465. The van der Waals surface area contributed by atoms with Crippen molar-refractivity contribution in [2.24, 2.45) is 0 Å². The normalized spacial score (nSPS) is 14.2. The molecule has 0 saturated heterocycles. The fourth-order valence-electron chi connectivity index (χ4n) is 13.7. The smallest absolute Gasteiger partial charge is 0.256 e. The highest BCUT2D eigenvalue weighted by Crippen LogP contribution is 2.46. The van der Waals surface area contributed by atoms with E-state index < -0.39 is 0 Å². The highest BCUT2D eigenvalue weighted by Gasteiger charge is 2.47. The lowest BCUT2D eigenvalue weighted by Crippen LogP contribution is -2.62. The van der Waals surface area contributed by atoms with E-state index in [1.165, 1.54) is 132 Å². The van der Waals surface area contributed by atoms with Crippen molar-refractivity contribution in [3.05, 3.63) is 179 Å². The Kier molecular flexibility index (Phi) is 9.46. The molecule has 0 spiro atoms. The highest BCUT2D eigenvalue weighted by molar-refractivity contribution is 7.02. The van der Waals surface area contributed by atoms with Gasteiger partial charge in [0.1, 0.15) is 23.0 Å². The van der Waals surface area contributed by atoms with Crippen LogP contribution in [-0.4, -0.2) is 22.6 Å². The van der Waals surface area contributed by atoms with E-state index in [9.17, 15) is 0 Å². The third kappa shape index (κ3) is 6.74. The molecule has 4 nitrogen and oxygen atoms in total. The van der Waals surface area contributed by atoms with Crippen LogP contribution in [0.3, 0.4) is 0 Å². The molecule has 0 radical (unpaired) electrons. The molecule has 6 heterocycles. The molecule has 15 rings (SSSR count). The molecular formula is C72H66B2N2O2. The zero-order chi connectivity index (χ0) is 54.0. The fourth-order valence-corrected chi connectivity index (χ4v) is 13.7. The van der Waals surface area contributed by atoms with Crippen LogP contribution >= 0.6 is 0 Å². The molecule has 4 aliphatic rings. The summed E-state index contributed by atoms with van der Waals surface area (Å²) >= 11 is 0. The van der Waals surface area contributed by atoms with Gasteiger partial charge < -0.3 is 18.6 Å². The van der Waals surface area contributed by atoms with E-state index in [1.54, 1.807) is 0 Å². The average Bonchev–Trinajstić information content (AvgIpc) is 2.85. The van der Waals surface area contributed by atoms with Gasteiger partial charge in [-0.2, -0.15) is 0 Å². The SMILES string of the molecule is Cc1ccc(-c2cc3c4c(c2)-n2c5ccc(C(C)(C)C)cc5c5cc(C(C)(C)C)cc(c52)B4c2cc4c(cc2O3)Oc2cc(-c3ccc(C)cc3)cc3c2B4c2cc(C(C)(C)C)cc4c5cc(C(C)(C)C)ccc5n-3c24)cc1. The van der Waals surface area contributed by atoms with Gasteiger partial charge in [-0.05, 0) is 173 Å². The van der Waals surface area contributed by atoms with E-state index in [1.807, 2.05) is 0 Å². The lowest BCUT2D eigenvalue weighted by Gasteiger charge is -2.38. The summed E-state index contributed by atoms with van der Waals surface area (Å²) in [5, 5.41) is 5.20. The van der Waals surface area contributed by atoms with Gasteiger partial charge >= 0.3 is 0 Å². The molecule has 0 atom stereocenters. The molecule has 4 aliphatic heterocycles. The zero-order valence-electron chi connectivity index (χ0n) is 47.7. The standard InChI is InChI=1S/C72H66B2N2O2/c1-39-15-19-41(20-16-39)43-27-59-65-63(29-43)77-61-38-62-54(37-53(61)73(65)55-35-47(71(9,10)11)33-51-49-31-45(69(3,4)5)23-25-57(49)75(59)67(51)55)74-56-36-48(72(12,13)14)34-52-50-32-46(70(6,7)8)24-26-58(50)76(68(52)56)60-28-44(30-64(78-62)66(60)74)42-21-17-40(2)18-22-42/h15-38H,1-14H3. The van der Waals surface area contributed by atoms with Gasteiger partial charge in [-0.3, -0.25) is 0 Å². The number of benzene rings is 9. The first-order valence-corrected chi connectivity index (χ1v) is 28.3. The van der Waals surface area contributed by atoms with Crippen LogP contribution in [-0.2, 0) is 21.7 Å². The Labute approximate surface area is 460 Å². The minimum atomic E-state index is -0.114. The molecule has 382 valence electrons. The van der Waals surface area contributed by atoms with Gasteiger partial charge in [0.2, 0.25) is 0 Å². The monoisotopic (exact) mass is 1010 g/mol. The average molecular weight is 1010 g/mol. The van der Waals surface area contributed by atoms with Crippen molar-refractivity contribution in [1.82, 2.24) is 9.13 Å². The number of rotatable bonds is 2. The molecule has 78 heavy (non-hydrogen) atoms. The van der Waals surface area contributed by atoms with Crippen LogP contribution < -0.4 is 42.3 Å². The van der Waals surface area contributed by atoms with E-state index in [4.69, 9.17) is 9.47 Å². The second-order valence-corrected chi connectivity index (χ2v) is 27.6. The van der Waals surface area contributed by atoms with Crippen molar-refractivity contribution < 1.29 is 9.47 Å². The summed E-state index contributed by atoms with van der Waals surface area (Å²) in [6, 6.07) is 56.6. The maximum absolute atomic E-state index is 7.49. The molecule has 0 unspecified atom stereocenters. The summed E-state index contributed by atoms with van der Waals surface area (Å²) in [5.41, 5.74) is 27.0. The van der Waals surface area contributed by atoms with E-state index in [0.29, 0.717) is 0 Å². The van der Waals surface area contributed by atoms with Gasteiger partial charge in [-0.15, -0.1) is 0 Å². The molecule has 0 N–H and O–H groups in total. The topological polar surface area (TPSA) is 28.3 Å². The summed E-state index contributed by atoms with van der Waals surface area (Å²) in [7, 11) is 0. The van der Waals surface area contributed by atoms with Gasteiger partial charge in [0.15, 0.2) is 0 Å². The van der Waals surface area contributed by atoms with Crippen LogP contribution in [0.5, 0.6) is 23.0 Å². The second-order valence-electron chi connectivity index (χ2n) is 27.6. The summed E-state index contributed by atoms with van der Waals surface area (Å²) < 4.78 is 20.1. The van der Waals surface area contributed by atoms with Crippen LogP contribution in [0.2, 0.25) is 0 Å². The zero-order valence-corrected chi connectivity index (χ0v) is 47.7. The summed E-state index contributed by atoms with van der Waals surface area (Å²) in [5.74, 6) is 3.48. The number of aromatic nitrogens is 2. The van der Waals surface area contributed by atoms with Crippen molar-refractivity contribution in [3.8, 4) is 56.6 Å². The van der Waals surface area contributed by atoms with Crippen molar-refractivity contribution in [3.63, 3.8) is 0 Å². The molecule has 9 aromatic carbocycles. The number of aryl methyl sites for hydroxylation is 2. The van der Waals surface area contributed by atoms with Crippen LogP contribution in [0.1, 0.15) is 116 Å². The van der Waals surface area contributed by atoms with Crippen molar-refractivity contribution in [1.29, 1.82) is 0 Å². The van der Waals surface area contributed by atoms with Gasteiger partial charge in [-0.1, -0.05) is 173 Å². The number of hydrogen-bond donors (Lipinski definition) is 0. The summed E-state index contributed by atoms with van der Waals surface area (Å²) in [6.45, 7) is 32.2. The minimum absolute atomic E-state index is 0.0160. The first kappa shape index (κ1) is 47.5. The van der Waals surface area contributed by atoms with E-state index in [2.05, 4.69) is 252 Å². The number of ether oxygens (including phenoxy) is 2. The van der Waals surface area contributed by atoms with Gasteiger partial charge in [0.05, 0.1) is 11.0 Å². The maximum Gasteiger partial charge on any atom is 0.256 e. The Balaban J connectivity index is 1.05. The third-order valence-corrected chi connectivity index (χ3v) is 18.1. The van der Waals surface area contributed by atoms with Crippen LogP contribution in [0.15, 0.2) is 146 Å². The van der Waals surface area contributed by atoms with E-state index >= 15 is 0 Å². The quantitative estimate of drug-likeness (QED) is 0.161. The van der Waals surface area contributed by atoms with Crippen molar-refractivity contribution in [2.45, 2.75) is 119 Å². The largest absolute Gasteiger partial charge is 0.458 e. The van der Waals surface area contributed by atoms with Crippen LogP contribution in [0, 0.1) is 13.8 Å². The van der Waals surface area contributed by atoms with Crippen molar-refractivity contribution >= 4 is 89.8 Å². The first-order valence-electron chi connectivity index (χ1n) is 28.3. The summed E-state index contributed by atoms with van der Waals surface area (Å²) in [4.78, 5) is 0. The minimum Gasteiger partial charge on any atom is -0.458 e. The molecule has 0 bridgehead atoms. The molecule has 0 amide bonds. The Morgan fingerprint density at radius 1 is 0.321 bits per heavy atom. The lowest BCUT2D eigenvalue weighted by atomic mass is 9.31. The second kappa shape index (κ2) is 15.5. The fraction of sp³-hybridized carbons (Fsp3) is 0.250. The molecule has 0 fully saturated rings. The van der Waals surface area contributed by atoms with Gasteiger partial charge in [0.25, 0.3) is 13.4 Å². The van der Waals surface area contributed by atoms with E-state index in [-0.39, 0.29) is 35.1 Å². The third-order valence-electron chi connectivity index (χ3n) is 18.1. The Morgan fingerprint density at radius 2 is 0.692 bits per heavy atom. The molecule has 0 aliphatic carbocycles. The molecule has 11 aromatic rings. The first-order chi connectivity index (χ1) is 37.0. The predicted octanol–water partition coefficient (Wildman–Crippen LogP) is 14.9.